The molecule has 0 aliphatic rings. The number of rotatable bonds is 11. The Balaban J connectivity index is 1.70. The number of thioether (sulfide) groups is 1. The molecule has 40 heavy (non-hydrogen) atoms. The number of hydrogen-bond donors (Lipinski definition) is 1. The molecule has 2 aromatic heterocycles. The average Bonchev–Trinajstić information content (AvgIpc) is 3.40. The first kappa shape index (κ1) is 28.1. The standard InChI is InChI=1S/C33H33FN2O2S2/c1-4-39-21-26-20-36(19-25-12-8-9-13-28(25)34)33-30(31(26)37)29(22(2)35-18-23-10-6-5-7-11-23)32(40-33)24-14-16-27(38-3)17-15-24/h5-17,20,22,35H,4,18-19,21H2,1-3H3. The molecule has 0 spiro atoms. The number of methoxy groups -OCH3 is 1. The zero-order valence-corrected chi connectivity index (χ0v) is 24.6. The number of thiophene rings is 1. The lowest BCUT2D eigenvalue weighted by Gasteiger charge is -2.17. The van der Waals surface area contributed by atoms with E-state index in [0.29, 0.717) is 24.4 Å². The van der Waals surface area contributed by atoms with E-state index in [2.05, 4.69) is 35.9 Å². The van der Waals surface area contributed by atoms with Crippen molar-refractivity contribution < 1.29 is 9.13 Å². The fourth-order valence-corrected chi connectivity index (χ4v) is 6.91. The Morgan fingerprint density at radius 2 is 1.73 bits per heavy atom. The number of nitrogens with zero attached hydrogens (tertiary/aromatic N) is 1. The highest BCUT2D eigenvalue weighted by atomic mass is 32.2. The smallest absolute Gasteiger partial charge is 0.194 e. The molecule has 206 valence electrons. The first-order chi connectivity index (χ1) is 19.5. The van der Waals surface area contributed by atoms with Crippen LogP contribution in [0.15, 0.2) is 89.9 Å². The predicted molar refractivity (Wildman–Crippen MR) is 167 cm³/mol. The summed E-state index contributed by atoms with van der Waals surface area (Å²) in [7, 11) is 1.65. The van der Waals surface area contributed by atoms with E-state index in [-0.39, 0.29) is 17.3 Å². The van der Waals surface area contributed by atoms with Crippen LogP contribution in [0.25, 0.3) is 20.7 Å². The van der Waals surface area contributed by atoms with E-state index in [9.17, 15) is 9.18 Å². The molecular formula is C33H33FN2O2S2. The summed E-state index contributed by atoms with van der Waals surface area (Å²) in [5, 5.41) is 4.38. The van der Waals surface area contributed by atoms with Crippen molar-refractivity contribution in [1.82, 2.24) is 9.88 Å². The molecule has 0 radical (unpaired) electrons. The number of halogens is 1. The van der Waals surface area contributed by atoms with E-state index >= 15 is 0 Å². The van der Waals surface area contributed by atoms with E-state index in [0.717, 1.165) is 43.3 Å². The van der Waals surface area contributed by atoms with Gasteiger partial charge >= 0.3 is 0 Å². The van der Waals surface area contributed by atoms with Crippen molar-refractivity contribution >= 4 is 33.3 Å². The largest absolute Gasteiger partial charge is 0.497 e. The highest BCUT2D eigenvalue weighted by Crippen LogP contribution is 2.41. The van der Waals surface area contributed by atoms with Crippen molar-refractivity contribution in [1.29, 1.82) is 0 Å². The SMILES string of the molecule is CCSCc1cn(Cc2ccccc2F)c2sc(-c3ccc(OC)cc3)c(C(C)NCc3ccccc3)c2c1=O. The number of pyridine rings is 1. The first-order valence-corrected chi connectivity index (χ1v) is 15.4. The Morgan fingerprint density at radius 1 is 1.00 bits per heavy atom. The van der Waals surface area contributed by atoms with Crippen molar-refractivity contribution in [2.45, 2.75) is 38.7 Å². The number of fused-ring (bicyclic) bond motifs is 1. The van der Waals surface area contributed by atoms with Crippen LogP contribution in [0, 0.1) is 5.82 Å². The topological polar surface area (TPSA) is 43.3 Å². The van der Waals surface area contributed by atoms with Crippen LogP contribution in [0.4, 0.5) is 4.39 Å². The van der Waals surface area contributed by atoms with Crippen LogP contribution in [-0.2, 0) is 18.8 Å². The predicted octanol–water partition coefficient (Wildman–Crippen LogP) is 8.03. The van der Waals surface area contributed by atoms with Gasteiger partial charge in [0.25, 0.3) is 0 Å². The summed E-state index contributed by atoms with van der Waals surface area (Å²) < 4.78 is 22.2. The molecule has 2 heterocycles. The molecule has 1 atom stereocenters. The van der Waals surface area contributed by atoms with Crippen LogP contribution in [0.5, 0.6) is 5.75 Å². The van der Waals surface area contributed by atoms with Crippen LogP contribution < -0.4 is 15.5 Å². The summed E-state index contributed by atoms with van der Waals surface area (Å²) in [6.07, 6.45) is 1.93. The van der Waals surface area contributed by atoms with Gasteiger partial charge in [0.2, 0.25) is 0 Å². The van der Waals surface area contributed by atoms with Gasteiger partial charge in [-0.1, -0.05) is 55.5 Å². The number of ether oxygens (including phenoxy) is 1. The minimum Gasteiger partial charge on any atom is -0.497 e. The summed E-state index contributed by atoms with van der Waals surface area (Å²) in [4.78, 5) is 16.0. The van der Waals surface area contributed by atoms with Gasteiger partial charge in [0.15, 0.2) is 5.43 Å². The molecule has 7 heteroatoms. The quantitative estimate of drug-likeness (QED) is 0.174. The molecule has 0 saturated heterocycles. The Morgan fingerprint density at radius 3 is 2.42 bits per heavy atom. The minimum absolute atomic E-state index is 0.0557. The van der Waals surface area contributed by atoms with Gasteiger partial charge in [-0.25, -0.2) is 4.39 Å². The molecule has 3 aromatic carbocycles. The summed E-state index contributed by atoms with van der Waals surface area (Å²) in [5.41, 5.74) is 4.57. The lowest BCUT2D eigenvalue weighted by atomic mass is 9.99. The maximum atomic E-state index is 14.8. The third kappa shape index (κ3) is 6.02. The molecule has 5 rings (SSSR count). The van der Waals surface area contributed by atoms with Crippen molar-refractivity contribution in [3.05, 3.63) is 123 Å². The number of aromatic nitrogens is 1. The van der Waals surface area contributed by atoms with Crippen LogP contribution in [0.3, 0.4) is 0 Å². The van der Waals surface area contributed by atoms with E-state index in [4.69, 9.17) is 4.74 Å². The van der Waals surface area contributed by atoms with Gasteiger partial charge in [-0.2, -0.15) is 11.8 Å². The molecule has 0 fully saturated rings. The highest BCUT2D eigenvalue weighted by Gasteiger charge is 2.25. The molecule has 0 saturated carbocycles. The van der Waals surface area contributed by atoms with Gasteiger partial charge in [0.1, 0.15) is 16.4 Å². The van der Waals surface area contributed by atoms with E-state index in [1.165, 1.54) is 11.6 Å². The number of benzene rings is 3. The van der Waals surface area contributed by atoms with Crippen LogP contribution in [-0.4, -0.2) is 17.4 Å². The Hall–Kier alpha value is -3.39. The normalized spacial score (nSPS) is 12.1. The Labute approximate surface area is 242 Å². The number of hydrogen-bond acceptors (Lipinski definition) is 5. The van der Waals surface area contributed by atoms with Gasteiger partial charge in [-0.05, 0) is 54.1 Å². The summed E-state index contributed by atoms with van der Waals surface area (Å²) >= 11 is 3.31. The van der Waals surface area contributed by atoms with Gasteiger partial charge < -0.3 is 14.6 Å². The lowest BCUT2D eigenvalue weighted by Crippen LogP contribution is -2.21. The van der Waals surface area contributed by atoms with Crippen molar-refractivity contribution in [3.8, 4) is 16.2 Å². The second-order valence-corrected chi connectivity index (χ2v) is 12.0. The Bertz CT molecular complexity index is 1650. The van der Waals surface area contributed by atoms with Crippen molar-refractivity contribution in [3.63, 3.8) is 0 Å². The second kappa shape index (κ2) is 12.9. The molecule has 0 aliphatic heterocycles. The molecule has 5 aromatic rings. The zero-order valence-electron chi connectivity index (χ0n) is 22.9. The molecule has 1 N–H and O–H groups in total. The molecule has 4 nitrogen and oxygen atoms in total. The molecule has 0 aliphatic carbocycles. The molecule has 0 amide bonds. The van der Waals surface area contributed by atoms with Gasteiger partial charge in [-0.3, -0.25) is 4.79 Å². The third-order valence-electron chi connectivity index (χ3n) is 7.02. The fourth-order valence-electron chi connectivity index (χ4n) is 4.90. The molecule has 0 bridgehead atoms. The lowest BCUT2D eigenvalue weighted by molar-refractivity contribution is 0.415. The van der Waals surface area contributed by atoms with E-state index < -0.39 is 0 Å². The first-order valence-electron chi connectivity index (χ1n) is 13.4. The summed E-state index contributed by atoms with van der Waals surface area (Å²) in [6.45, 7) is 5.23. The summed E-state index contributed by atoms with van der Waals surface area (Å²) in [6, 6.07) is 25.0. The van der Waals surface area contributed by atoms with Gasteiger partial charge in [0, 0.05) is 46.1 Å². The summed E-state index contributed by atoms with van der Waals surface area (Å²) in [5.74, 6) is 2.05. The fraction of sp³-hybridized carbons (Fsp3) is 0.242. The molecule has 1 unspecified atom stereocenters. The Kier molecular flexibility index (Phi) is 9.04. The molecular weight excluding hydrogens is 540 g/mol. The monoisotopic (exact) mass is 572 g/mol. The van der Waals surface area contributed by atoms with Crippen molar-refractivity contribution in [2.75, 3.05) is 12.9 Å². The minimum atomic E-state index is -0.246. The van der Waals surface area contributed by atoms with Crippen LogP contribution in [0.1, 0.15) is 42.1 Å². The average molecular weight is 573 g/mol. The maximum Gasteiger partial charge on any atom is 0.194 e. The highest BCUT2D eigenvalue weighted by molar-refractivity contribution is 7.98. The van der Waals surface area contributed by atoms with Crippen molar-refractivity contribution in [2.24, 2.45) is 0 Å². The van der Waals surface area contributed by atoms with Crippen LogP contribution >= 0.6 is 23.1 Å². The van der Waals surface area contributed by atoms with E-state index in [1.54, 1.807) is 36.3 Å². The zero-order chi connectivity index (χ0) is 28.1. The van der Waals surface area contributed by atoms with Gasteiger partial charge in [-0.15, -0.1) is 11.3 Å². The maximum absolute atomic E-state index is 14.8. The van der Waals surface area contributed by atoms with Gasteiger partial charge in [0.05, 0.1) is 19.0 Å². The number of nitrogens with one attached hydrogen (secondary N) is 1. The second-order valence-electron chi connectivity index (χ2n) is 9.68. The van der Waals surface area contributed by atoms with E-state index in [1.807, 2.05) is 60.8 Å². The van der Waals surface area contributed by atoms with Crippen LogP contribution in [0.2, 0.25) is 0 Å². The third-order valence-corrected chi connectivity index (χ3v) is 9.23.